The van der Waals surface area contributed by atoms with Gasteiger partial charge >= 0.3 is 0 Å². The Bertz CT molecular complexity index is 1010. The van der Waals surface area contributed by atoms with Crippen LogP contribution in [0.3, 0.4) is 0 Å². The Morgan fingerprint density at radius 3 is 2.38 bits per heavy atom. The van der Waals surface area contributed by atoms with E-state index in [0.29, 0.717) is 18.2 Å². The maximum Gasteiger partial charge on any atom is 0.233 e. The molecule has 3 aromatic rings. The van der Waals surface area contributed by atoms with Gasteiger partial charge in [0.2, 0.25) is 5.91 Å². The van der Waals surface area contributed by atoms with E-state index in [-0.39, 0.29) is 5.91 Å². The predicted molar refractivity (Wildman–Crippen MR) is 140 cm³/mol. The molecule has 0 spiro atoms. The number of amides is 1. The molecule has 1 heterocycles. The monoisotopic (exact) mass is 469 g/mol. The van der Waals surface area contributed by atoms with E-state index in [9.17, 15) is 4.79 Å². The zero-order chi connectivity index (χ0) is 23.1. The fourth-order valence-electron chi connectivity index (χ4n) is 3.73. The van der Waals surface area contributed by atoms with Crippen molar-refractivity contribution in [3.63, 3.8) is 0 Å². The summed E-state index contributed by atoms with van der Waals surface area (Å²) >= 11 is 3.46. The van der Waals surface area contributed by atoms with Gasteiger partial charge in [-0.15, -0.1) is 11.8 Å². The first-order valence-electron chi connectivity index (χ1n) is 11.6. The lowest BCUT2D eigenvalue weighted by atomic mass is 10.1. The van der Waals surface area contributed by atoms with Gasteiger partial charge in [-0.05, 0) is 48.8 Å². The highest BCUT2D eigenvalue weighted by molar-refractivity contribution is 7.99. The molecule has 1 aromatic heterocycles. The van der Waals surface area contributed by atoms with Crippen molar-refractivity contribution in [2.24, 2.45) is 0 Å². The molecule has 0 N–H and O–H groups in total. The molecule has 172 valence electrons. The van der Waals surface area contributed by atoms with Crippen molar-refractivity contribution in [1.29, 1.82) is 0 Å². The summed E-state index contributed by atoms with van der Waals surface area (Å²) in [6.07, 6.45) is 1.33. The third kappa shape index (κ3) is 6.33. The molecule has 0 aliphatic heterocycles. The van der Waals surface area contributed by atoms with E-state index in [2.05, 4.69) is 82.0 Å². The van der Waals surface area contributed by atoms with Gasteiger partial charge in [0.1, 0.15) is 0 Å². The van der Waals surface area contributed by atoms with Gasteiger partial charge in [-0.2, -0.15) is 0 Å². The molecule has 0 atom stereocenters. The largest absolute Gasteiger partial charge is 0.302 e. The summed E-state index contributed by atoms with van der Waals surface area (Å²) in [5, 5.41) is 1.36. The minimum absolute atomic E-state index is 0.110. The van der Waals surface area contributed by atoms with Crippen LogP contribution in [0.2, 0.25) is 0 Å². The average Bonchev–Trinajstić information content (AvgIpc) is 3.21. The van der Waals surface area contributed by atoms with Gasteiger partial charge in [0.05, 0.1) is 16.6 Å². The fraction of sp³-hybridized carbons (Fsp3) is 0.462. The molecule has 0 aliphatic carbocycles. The number of hydrogen-bond donors (Lipinski definition) is 0. The van der Waals surface area contributed by atoms with Gasteiger partial charge in [-0.3, -0.25) is 9.69 Å². The molecular weight excluding hydrogens is 434 g/mol. The SMILES string of the molecule is CCc1cccc2sc(N(CCN(CC)CC)C(=O)Cc3ccc(SC(C)C)cc3)nc12. The Kier molecular flexibility index (Phi) is 9.14. The number of thioether (sulfide) groups is 1. The maximum atomic E-state index is 13.5. The molecule has 4 nitrogen and oxygen atoms in total. The van der Waals surface area contributed by atoms with E-state index in [1.54, 1.807) is 11.3 Å². The standard InChI is InChI=1S/C26H35N3OS2/c1-6-21-10-9-11-23-25(21)27-26(32-23)29(17-16-28(7-2)8-3)24(30)18-20-12-14-22(15-13-20)31-19(4)5/h9-15,19H,6-8,16-18H2,1-5H3. The van der Waals surface area contributed by atoms with Gasteiger partial charge in [0.25, 0.3) is 0 Å². The molecule has 0 aliphatic rings. The van der Waals surface area contributed by atoms with Gasteiger partial charge in [0.15, 0.2) is 5.13 Å². The Hall–Kier alpha value is -1.89. The lowest BCUT2D eigenvalue weighted by molar-refractivity contribution is -0.118. The van der Waals surface area contributed by atoms with Crippen LogP contribution < -0.4 is 4.90 Å². The number of likely N-dealkylation sites (N-methyl/N-ethyl adjacent to an activating group) is 1. The van der Waals surface area contributed by atoms with Crippen molar-refractivity contribution >= 4 is 44.4 Å². The van der Waals surface area contributed by atoms with E-state index in [0.717, 1.165) is 47.0 Å². The number of carbonyl (C=O) groups excluding carboxylic acids is 1. The Morgan fingerprint density at radius 2 is 1.75 bits per heavy atom. The first-order valence-corrected chi connectivity index (χ1v) is 13.3. The number of aryl methyl sites for hydroxylation is 1. The Morgan fingerprint density at radius 1 is 1.03 bits per heavy atom. The highest BCUT2D eigenvalue weighted by Crippen LogP contribution is 2.31. The third-order valence-corrected chi connectivity index (χ3v) is 7.65. The smallest absolute Gasteiger partial charge is 0.233 e. The van der Waals surface area contributed by atoms with E-state index in [1.807, 2.05) is 16.7 Å². The second-order valence-electron chi connectivity index (χ2n) is 8.17. The molecule has 3 rings (SSSR count). The average molecular weight is 470 g/mol. The van der Waals surface area contributed by atoms with Crippen LogP contribution >= 0.6 is 23.1 Å². The number of nitrogens with zero attached hydrogens (tertiary/aromatic N) is 3. The number of benzene rings is 2. The molecule has 0 bridgehead atoms. The molecule has 32 heavy (non-hydrogen) atoms. The van der Waals surface area contributed by atoms with Crippen molar-refractivity contribution in [3.05, 3.63) is 53.6 Å². The van der Waals surface area contributed by atoms with Crippen molar-refractivity contribution in [3.8, 4) is 0 Å². The van der Waals surface area contributed by atoms with Gasteiger partial charge in [-0.25, -0.2) is 4.98 Å². The first-order chi connectivity index (χ1) is 15.4. The molecule has 0 saturated carbocycles. The van der Waals surface area contributed by atoms with Crippen molar-refractivity contribution < 1.29 is 4.79 Å². The quantitative estimate of drug-likeness (QED) is 0.310. The van der Waals surface area contributed by atoms with E-state index in [4.69, 9.17) is 4.98 Å². The summed E-state index contributed by atoms with van der Waals surface area (Å²) in [6, 6.07) is 14.7. The Balaban J connectivity index is 1.84. The van der Waals surface area contributed by atoms with Crippen LogP contribution in [0.5, 0.6) is 0 Å². The molecule has 0 fully saturated rings. The zero-order valence-corrected chi connectivity index (χ0v) is 21.6. The Labute approximate surface area is 201 Å². The molecule has 0 saturated heterocycles. The molecule has 1 amide bonds. The maximum absolute atomic E-state index is 13.5. The second-order valence-corrected chi connectivity index (χ2v) is 10.8. The van der Waals surface area contributed by atoms with Crippen LogP contribution in [-0.4, -0.2) is 47.2 Å². The number of carbonyl (C=O) groups is 1. The number of para-hydroxylation sites is 1. The van der Waals surface area contributed by atoms with E-state index >= 15 is 0 Å². The number of aromatic nitrogens is 1. The van der Waals surface area contributed by atoms with Crippen LogP contribution in [0.25, 0.3) is 10.2 Å². The molecule has 0 unspecified atom stereocenters. The summed E-state index contributed by atoms with van der Waals surface area (Å²) in [6.45, 7) is 14.3. The topological polar surface area (TPSA) is 36.4 Å². The number of anilines is 1. The predicted octanol–water partition coefficient (Wildman–Crippen LogP) is 6.28. The van der Waals surface area contributed by atoms with Crippen LogP contribution in [0.4, 0.5) is 5.13 Å². The fourth-order valence-corrected chi connectivity index (χ4v) is 5.63. The molecule has 6 heteroatoms. The normalized spacial score (nSPS) is 11.6. The van der Waals surface area contributed by atoms with Gasteiger partial charge < -0.3 is 4.90 Å². The lowest BCUT2D eigenvalue weighted by Gasteiger charge is -2.24. The van der Waals surface area contributed by atoms with Crippen LogP contribution in [-0.2, 0) is 17.6 Å². The number of rotatable bonds is 11. The minimum Gasteiger partial charge on any atom is -0.302 e. The van der Waals surface area contributed by atoms with E-state index < -0.39 is 0 Å². The second kappa shape index (κ2) is 11.8. The van der Waals surface area contributed by atoms with Crippen molar-refractivity contribution in [1.82, 2.24) is 9.88 Å². The number of hydrogen-bond acceptors (Lipinski definition) is 5. The summed E-state index contributed by atoms with van der Waals surface area (Å²) in [7, 11) is 0. The van der Waals surface area contributed by atoms with E-state index in [1.165, 1.54) is 10.5 Å². The molecule has 2 aromatic carbocycles. The first kappa shape index (κ1) is 24.7. The highest BCUT2D eigenvalue weighted by atomic mass is 32.2. The highest BCUT2D eigenvalue weighted by Gasteiger charge is 2.21. The lowest BCUT2D eigenvalue weighted by Crippen LogP contribution is -2.39. The molecular formula is C26H35N3OS2. The van der Waals surface area contributed by atoms with Crippen molar-refractivity contribution in [2.75, 3.05) is 31.1 Å². The number of fused-ring (bicyclic) bond motifs is 1. The number of thiazole rings is 1. The minimum atomic E-state index is 0.110. The van der Waals surface area contributed by atoms with Crippen molar-refractivity contribution in [2.45, 2.75) is 57.6 Å². The van der Waals surface area contributed by atoms with Crippen LogP contribution in [0.15, 0.2) is 47.4 Å². The van der Waals surface area contributed by atoms with Gasteiger partial charge in [0, 0.05) is 23.2 Å². The summed E-state index contributed by atoms with van der Waals surface area (Å²) in [5.41, 5.74) is 3.32. The van der Waals surface area contributed by atoms with Crippen LogP contribution in [0, 0.1) is 0 Å². The van der Waals surface area contributed by atoms with Crippen LogP contribution in [0.1, 0.15) is 45.7 Å². The third-order valence-electron chi connectivity index (χ3n) is 5.59. The zero-order valence-electron chi connectivity index (χ0n) is 19.9. The summed E-state index contributed by atoms with van der Waals surface area (Å²) < 4.78 is 1.15. The summed E-state index contributed by atoms with van der Waals surface area (Å²) in [5.74, 6) is 0.110. The molecule has 0 radical (unpaired) electrons. The summed E-state index contributed by atoms with van der Waals surface area (Å²) in [4.78, 5) is 23.9. The van der Waals surface area contributed by atoms with Gasteiger partial charge in [-0.1, -0.05) is 70.2 Å².